The molecule has 1 aromatic carbocycles. The van der Waals surface area contributed by atoms with E-state index in [-0.39, 0.29) is 11.7 Å². The molecule has 0 spiro atoms. The molecule has 0 aliphatic rings. The Kier molecular flexibility index (Phi) is 3.87. The number of carbonyl (C=O) groups is 1. The fraction of sp³-hybridized carbons (Fsp3) is 0.417. The van der Waals surface area contributed by atoms with Crippen LogP contribution in [0.25, 0.3) is 0 Å². The Bertz CT molecular complexity index is 342. The molecule has 1 rings (SSSR count). The number of hydrogen-bond acceptors (Lipinski definition) is 1. The van der Waals surface area contributed by atoms with Crippen LogP contribution in [0.1, 0.15) is 36.7 Å². The highest BCUT2D eigenvalue weighted by atomic mass is 79.9. The molecular weight excluding hydrogens is 240 g/mol. The lowest BCUT2D eigenvalue weighted by atomic mass is 10.00. The van der Waals surface area contributed by atoms with Crippen LogP contribution in [0.3, 0.4) is 0 Å². The van der Waals surface area contributed by atoms with Crippen molar-refractivity contribution >= 4 is 21.7 Å². The summed E-state index contributed by atoms with van der Waals surface area (Å²) in [7, 11) is 0. The molecule has 0 N–H and O–H groups in total. The summed E-state index contributed by atoms with van der Waals surface area (Å²) in [4.78, 5) is 11.7. The molecule has 0 amide bonds. The average Bonchev–Trinajstić information content (AvgIpc) is 2.16. The van der Waals surface area contributed by atoms with E-state index in [1.807, 2.05) is 32.0 Å². The third kappa shape index (κ3) is 2.44. The van der Waals surface area contributed by atoms with Gasteiger partial charge < -0.3 is 0 Å². The highest BCUT2D eigenvalue weighted by Gasteiger charge is 2.11. The summed E-state index contributed by atoms with van der Waals surface area (Å²) in [5, 5.41) is 0. The van der Waals surface area contributed by atoms with Gasteiger partial charge in [-0.2, -0.15) is 0 Å². The first-order valence-corrected chi connectivity index (χ1v) is 5.68. The molecule has 0 saturated heterocycles. The van der Waals surface area contributed by atoms with Gasteiger partial charge in [0.25, 0.3) is 0 Å². The molecule has 0 aliphatic carbocycles. The summed E-state index contributed by atoms with van der Waals surface area (Å²) in [6.45, 7) is 5.94. The predicted molar refractivity (Wildman–Crippen MR) is 62.7 cm³/mol. The Morgan fingerprint density at radius 1 is 1.43 bits per heavy atom. The van der Waals surface area contributed by atoms with Crippen LogP contribution in [-0.2, 0) is 6.42 Å². The maximum Gasteiger partial charge on any atom is 0.165 e. The molecule has 0 saturated carbocycles. The molecule has 0 unspecified atom stereocenters. The van der Waals surface area contributed by atoms with Crippen molar-refractivity contribution in [1.82, 2.24) is 0 Å². The van der Waals surface area contributed by atoms with E-state index >= 15 is 0 Å². The highest BCUT2D eigenvalue weighted by molar-refractivity contribution is 9.10. The van der Waals surface area contributed by atoms with E-state index < -0.39 is 0 Å². The van der Waals surface area contributed by atoms with E-state index in [4.69, 9.17) is 0 Å². The normalized spacial score (nSPS) is 10.6. The largest absolute Gasteiger partial charge is 0.294 e. The lowest BCUT2D eigenvalue weighted by molar-refractivity contribution is 0.0939. The first-order valence-electron chi connectivity index (χ1n) is 4.89. The van der Waals surface area contributed by atoms with E-state index in [9.17, 15) is 4.79 Å². The van der Waals surface area contributed by atoms with Crippen molar-refractivity contribution in [1.29, 1.82) is 0 Å². The van der Waals surface area contributed by atoms with E-state index in [2.05, 4.69) is 22.9 Å². The Labute approximate surface area is 93.7 Å². The predicted octanol–water partition coefficient (Wildman–Crippen LogP) is 3.85. The Hall–Kier alpha value is -0.630. The van der Waals surface area contributed by atoms with Gasteiger partial charge in [0.15, 0.2) is 5.78 Å². The van der Waals surface area contributed by atoms with Crippen LogP contribution in [0.2, 0.25) is 0 Å². The van der Waals surface area contributed by atoms with Crippen molar-refractivity contribution in [3.8, 4) is 0 Å². The average molecular weight is 255 g/mol. The summed E-state index contributed by atoms with van der Waals surface area (Å²) in [6, 6.07) is 5.84. The van der Waals surface area contributed by atoms with E-state index in [1.165, 1.54) is 5.56 Å². The molecule has 0 heterocycles. The van der Waals surface area contributed by atoms with Crippen molar-refractivity contribution < 1.29 is 4.79 Å². The quantitative estimate of drug-likeness (QED) is 0.750. The van der Waals surface area contributed by atoms with Crippen LogP contribution < -0.4 is 0 Å². The first kappa shape index (κ1) is 11.4. The highest BCUT2D eigenvalue weighted by Crippen LogP contribution is 2.20. The summed E-state index contributed by atoms with van der Waals surface area (Å²) in [5.74, 6) is 0.266. The second-order valence-electron chi connectivity index (χ2n) is 3.68. The van der Waals surface area contributed by atoms with E-state index in [1.54, 1.807) is 0 Å². The lowest BCUT2D eigenvalue weighted by Crippen LogP contribution is -2.07. The number of hydrogen-bond donors (Lipinski definition) is 0. The zero-order valence-corrected chi connectivity index (χ0v) is 10.4. The fourth-order valence-corrected chi connectivity index (χ4v) is 1.98. The van der Waals surface area contributed by atoms with Crippen molar-refractivity contribution in [3.63, 3.8) is 0 Å². The number of carbonyl (C=O) groups excluding carboxylic acids is 1. The topological polar surface area (TPSA) is 17.1 Å². The van der Waals surface area contributed by atoms with Gasteiger partial charge in [-0.3, -0.25) is 4.79 Å². The van der Waals surface area contributed by atoms with Crippen molar-refractivity contribution in [2.24, 2.45) is 5.92 Å². The van der Waals surface area contributed by atoms with Crippen molar-refractivity contribution in [3.05, 3.63) is 33.8 Å². The zero-order valence-electron chi connectivity index (χ0n) is 8.80. The molecule has 0 atom stereocenters. The van der Waals surface area contributed by atoms with Crippen LogP contribution in [0, 0.1) is 5.92 Å². The maximum atomic E-state index is 11.7. The maximum absolute atomic E-state index is 11.7. The third-order valence-corrected chi connectivity index (χ3v) is 2.98. The summed E-state index contributed by atoms with van der Waals surface area (Å²) < 4.78 is 1.03. The van der Waals surface area contributed by atoms with Gasteiger partial charge in [-0.1, -0.05) is 48.8 Å². The molecular formula is C12H15BrO. The zero-order chi connectivity index (χ0) is 10.7. The minimum atomic E-state index is 0.0642. The Morgan fingerprint density at radius 2 is 2.07 bits per heavy atom. The van der Waals surface area contributed by atoms with Gasteiger partial charge in [0, 0.05) is 16.0 Å². The summed E-state index contributed by atoms with van der Waals surface area (Å²) in [6.07, 6.45) is 0.983. The van der Waals surface area contributed by atoms with Crippen LogP contribution in [-0.4, -0.2) is 5.78 Å². The molecule has 2 heteroatoms. The number of benzene rings is 1. The second kappa shape index (κ2) is 4.74. The Morgan fingerprint density at radius 3 is 2.50 bits per heavy atom. The third-order valence-electron chi connectivity index (χ3n) is 2.24. The van der Waals surface area contributed by atoms with Crippen LogP contribution in [0.15, 0.2) is 22.7 Å². The number of halogens is 1. The van der Waals surface area contributed by atoms with Crippen molar-refractivity contribution in [2.45, 2.75) is 27.2 Å². The SMILES string of the molecule is CCc1ccc(C(=O)C(C)C)cc1Br. The molecule has 0 bridgehead atoms. The molecule has 1 nitrogen and oxygen atoms in total. The molecule has 0 aliphatic heterocycles. The number of ketones is 1. The van der Waals surface area contributed by atoms with Gasteiger partial charge in [0.2, 0.25) is 0 Å². The molecule has 0 fully saturated rings. The first-order chi connectivity index (χ1) is 6.56. The number of Topliss-reactive ketones (excluding diaryl/α,β-unsaturated/α-hetero) is 1. The smallest absolute Gasteiger partial charge is 0.165 e. The summed E-state index contributed by atoms with van der Waals surface area (Å²) in [5.41, 5.74) is 2.04. The standard InChI is InChI=1S/C12H15BrO/c1-4-9-5-6-10(7-11(9)13)12(14)8(2)3/h5-8H,4H2,1-3H3. The van der Waals surface area contributed by atoms with Crippen LogP contribution >= 0.6 is 15.9 Å². The van der Waals surface area contributed by atoms with Gasteiger partial charge in [0.05, 0.1) is 0 Å². The molecule has 14 heavy (non-hydrogen) atoms. The van der Waals surface area contributed by atoms with E-state index in [0.717, 1.165) is 16.5 Å². The second-order valence-corrected chi connectivity index (χ2v) is 4.53. The van der Waals surface area contributed by atoms with Gasteiger partial charge >= 0.3 is 0 Å². The Balaban J connectivity index is 3.03. The van der Waals surface area contributed by atoms with E-state index in [0.29, 0.717) is 0 Å². The minimum Gasteiger partial charge on any atom is -0.294 e. The summed E-state index contributed by atoms with van der Waals surface area (Å²) >= 11 is 3.47. The van der Waals surface area contributed by atoms with Gasteiger partial charge in [-0.05, 0) is 18.1 Å². The monoisotopic (exact) mass is 254 g/mol. The minimum absolute atomic E-state index is 0.0642. The fourth-order valence-electron chi connectivity index (χ4n) is 1.32. The molecule has 0 radical (unpaired) electrons. The van der Waals surface area contributed by atoms with Gasteiger partial charge in [0.1, 0.15) is 0 Å². The van der Waals surface area contributed by atoms with Crippen LogP contribution in [0.5, 0.6) is 0 Å². The lowest BCUT2D eigenvalue weighted by Gasteiger charge is -2.06. The molecule has 1 aromatic rings. The van der Waals surface area contributed by atoms with Gasteiger partial charge in [-0.25, -0.2) is 0 Å². The van der Waals surface area contributed by atoms with Crippen LogP contribution in [0.4, 0.5) is 0 Å². The van der Waals surface area contributed by atoms with Crippen molar-refractivity contribution in [2.75, 3.05) is 0 Å². The molecule has 76 valence electrons. The number of aryl methyl sites for hydroxylation is 1. The molecule has 0 aromatic heterocycles. The number of rotatable bonds is 3. The van der Waals surface area contributed by atoms with Gasteiger partial charge in [-0.15, -0.1) is 0 Å².